The van der Waals surface area contributed by atoms with Crippen LogP contribution in [0.1, 0.15) is 12.5 Å². The first-order chi connectivity index (χ1) is 8.63. The highest BCUT2D eigenvalue weighted by molar-refractivity contribution is 5.92. The first-order valence-electron chi connectivity index (χ1n) is 5.75. The largest absolute Gasteiger partial charge is 0.467 e. The van der Waals surface area contributed by atoms with E-state index in [-0.39, 0.29) is 0 Å². The molecule has 0 heterocycles. The van der Waals surface area contributed by atoms with E-state index in [2.05, 4.69) is 0 Å². The quantitative estimate of drug-likeness (QED) is 0.779. The maximum Gasteiger partial charge on any atom is 0.342 e. The number of ether oxygens (including phenoxy) is 2. The average Bonchev–Trinajstić information content (AvgIpc) is 2.45. The molecule has 2 aromatic carbocycles. The minimum Gasteiger partial charge on any atom is -0.467 e. The van der Waals surface area contributed by atoms with Gasteiger partial charge in [0, 0.05) is 12.7 Å². The van der Waals surface area contributed by atoms with Crippen LogP contribution in [0.4, 0.5) is 0 Å². The maximum atomic E-state index is 12.0. The summed E-state index contributed by atoms with van der Waals surface area (Å²) in [5.74, 6) is -0.402. The van der Waals surface area contributed by atoms with Crippen LogP contribution in [0.2, 0.25) is 0 Å². The van der Waals surface area contributed by atoms with Crippen molar-refractivity contribution in [1.29, 1.82) is 0 Å². The standard InChI is InChI=1S/C15H16O3/c1-15(18-3,14(16)17-2)13-10-6-8-11-7-4-5-9-12(11)13/h4-10H,1-3H3. The molecule has 0 aliphatic heterocycles. The molecule has 18 heavy (non-hydrogen) atoms. The van der Waals surface area contributed by atoms with Crippen molar-refractivity contribution in [3.8, 4) is 0 Å². The number of fused-ring (bicyclic) bond motifs is 1. The summed E-state index contributed by atoms with van der Waals surface area (Å²) in [7, 11) is 2.88. The summed E-state index contributed by atoms with van der Waals surface area (Å²) in [5, 5.41) is 2.07. The van der Waals surface area contributed by atoms with Gasteiger partial charge in [-0.05, 0) is 17.7 Å². The highest BCUT2D eigenvalue weighted by Gasteiger charge is 2.37. The average molecular weight is 244 g/mol. The van der Waals surface area contributed by atoms with Gasteiger partial charge in [-0.25, -0.2) is 4.79 Å². The third kappa shape index (κ3) is 1.87. The van der Waals surface area contributed by atoms with E-state index < -0.39 is 11.6 Å². The van der Waals surface area contributed by atoms with Crippen molar-refractivity contribution >= 4 is 16.7 Å². The molecule has 3 heteroatoms. The Balaban J connectivity index is 2.69. The molecule has 0 radical (unpaired) electrons. The van der Waals surface area contributed by atoms with Crippen molar-refractivity contribution in [2.45, 2.75) is 12.5 Å². The van der Waals surface area contributed by atoms with E-state index >= 15 is 0 Å². The monoisotopic (exact) mass is 244 g/mol. The number of hydrogen-bond acceptors (Lipinski definition) is 3. The summed E-state index contributed by atoms with van der Waals surface area (Å²) >= 11 is 0. The van der Waals surface area contributed by atoms with Gasteiger partial charge in [-0.2, -0.15) is 0 Å². The van der Waals surface area contributed by atoms with Gasteiger partial charge in [0.15, 0.2) is 5.60 Å². The van der Waals surface area contributed by atoms with Gasteiger partial charge in [0.2, 0.25) is 0 Å². The van der Waals surface area contributed by atoms with Gasteiger partial charge in [0.1, 0.15) is 0 Å². The van der Waals surface area contributed by atoms with Gasteiger partial charge in [-0.3, -0.25) is 0 Å². The molecule has 0 saturated heterocycles. The zero-order valence-corrected chi connectivity index (χ0v) is 10.8. The van der Waals surface area contributed by atoms with E-state index in [0.717, 1.165) is 16.3 Å². The second-order valence-electron chi connectivity index (χ2n) is 4.26. The summed E-state index contributed by atoms with van der Waals surface area (Å²) in [6.07, 6.45) is 0. The number of carbonyl (C=O) groups is 1. The van der Waals surface area contributed by atoms with Crippen LogP contribution in [0, 0.1) is 0 Å². The molecule has 0 spiro atoms. The molecule has 0 aromatic heterocycles. The van der Waals surface area contributed by atoms with Gasteiger partial charge in [0.05, 0.1) is 7.11 Å². The van der Waals surface area contributed by atoms with Gasteiger partial charge in [0.25, 0.3) is 0 Å². The summed E-state index contributed by atoms with van der Waals surface area (Å²) < 4.78 is 10.3. The minimum atomic E-state index is -1.09. The van der Waals surface area contributed by atoms with E-state index in [1.807, 2.05) is 42.5 Å². The molecule has 94 valence electrons. The Morgan fingerprint density at radius 3 is 2.39 bits per heavy atom. The number of hydrogen-bond donors (Lipinski definition) is 0. The van der Waals surface area contributed by atoms with Crippen LogP contribution < -0.4 is 0 Å². The highest BCUT2D eigenvalue weighted by atomic mass is 16.6. The summed E-state index contributed by atoms with van der Waals surface area (Å²) in [5.41, 5.74) is -0.273. The Morgan fingerprint density at radius 2 is 1.72 bits per heavy atom. The van der Waals surface area contributed by atoms with Crippen molar-refractivity contribution in [2.24, 2.45) is 0 Å². The van der Waals surface area contributed by atoms with Crippen molar-refractivity contribution in [3.63, 3.8) is 0 Å². The van der Waals surface area contributed by atoms with Crippen molar-refractivity contribution < 1.29 is 14.3 Å². The molecule has 0 saturated carbocycles. The van der Waals surface area contributed by atoms with E-state index in [1.165, 1.54) is 14.2 Å². The van der Waals surface area contributed by atoms with E-state index in [1.54, 1.807) is 6.92 Å². The lowest BCUT2D eigenvalue weighted by Gasteiger charge is -2.26. The van der Waals surface area contributed by atoms with Crippen LogP contribution in [0.15, 0.2) is 42.5 Å². The number of carbonyl (C=O) groups excluding carboxylic acids is 1. The molecular formula is C15H16O3. The van der Waals surface area contributed by atoms with Crippen molar-refractivity contribution in [3.05, 3.63) is 48.0 Å². The fourth-order valence-electron chi connectivity index (χ4n) is 2.14. The second kappa shape index (κ2) is 4.78. The number of methoxy groups -OCH3 is 2. The topological polar surface area (TPSA) is 35.5 Å². The van der Waals surface area contributed by atoms with E-state index in [4.69, 9.17) is 9.47 Å². The molecule has 2 rings (SSSR count). The third-order valence-corrected chi connectivity index (χ3v) is 3.29. The molecule has 1 unspecified atom stereocenters. The SMILES string of the molecule is COC(=O)C(C)(OC)c1cccc2ccccc12. The van der Waals surface area contributed by atoms with Crippen molar-refractivity contribution in [1.82, 2.24) is 0 Å². The maximum absolute atomic E-state index is 12.0. The predicted octanol–water partition coefficient (Wildman–Crippen LogP) is 2.87. The normalized spacial score (nSPS) is 14.2. The molecule has 0 amide bonds. The van der Waals surface area contributed by atoms with Crippen LogP contribution in [0.25, 0.3) is 10.8 Å². The molecule has 0 fully saturated rings. The molecular weight excluding hydrogens is 228 g/mol. The summed E-state index contributed by atoms with van der Waals surface area (Å²) in [6.45, 7) is 1.72. The lowest BCUT2D eigenvalue weighted by Crippen LogP contribution is -2.35. The zero-order chi connectivity index (χ0) is 13.2. The Bertz CT molecular complexity index is 571. The molecule has 2 aromatic rings. The van der Waals surface area contributed by atoms with Crippen LogP contribution in [-0.4, -0.2) is 20.2 Å². The first kappa shape index (κ1) is 12.6. The Morgan fingerprint density at radius 1 is 1.06 bits per heavy atom. The van der Waals surface area contributed by atoms with Crippen LogP contribution >= 0.6 is 0 Å². The molecule has 0 aliphatic carbocycles. The zero-order valence-electron chi connectivity index (χ0n) is 10.8. The number of benzene rings is 2. The summed E-state index contributed by atoms with van der Waals surface area (Å²) in [6, 6.07) is 13.7. The fourth-order valence-corrected chi connectivity index (χ4v) is 2.14. The Hall–Kier alpha value is -1.87. The highest BCUT2D eigenvalue weighted by Crippen LogP contribution is 2.32. The Labute approximate surface area is 106 Å². The summed E-state index contributed by atoms with van der Waals surface area (Å²) in [4.78, 5) is 12.0. The molecule has 1 atom stereocenters. The predicted molar refractivity (Wildman–Crippen MR) is 70.3 cm³/mol. The van der Waals surface area contributed by atoms with Crippen LogP contribution in [0.3, 0.4) is 0 Å². The second-order valence-corrected chi connectivity index (χ2v) is 4.26. The lowest BCUT2D eigenvalue weighted by atomic mass is 9.90. The van der Waals surface area contributed by atoms with E-state index in [9.17, 15) is 4.79 Å². The molecule has 0 bridgehead atoms. The first-order valence-corrected chi connectivity index (χ1v) is 5.75. The van der Waals surface area contributed by atoms with Gasteiger partial charge in [-0.1, -0.05) is 42.5 Å². The molecule has 3 nitrogen and oxygen atoms in total. The lowest BCUT2D eigenvalue weighted by molar-refractivity contribution is -0.165. The molecule has 0 aliphatic rings. The van der Waals surface area contributed by atoms with E-state index in [0.29, 0.717) is 0 Å². The van der Waals surface area contributed by atoms with Crippen LogP contribution in [0.5, 0.6) is 0 Å². The van der Waals surface area contributed by atoms with Crippen molar-refractivity contribution in [2.75, 3.05) is 14.2 Å². The number of rotatable bonds is 3. The van der Waals surface area contributed by atoms with Gasteiger partial charge in [-0.15, -0.1) is 0 Å². The fraction of sp³-hybridized carbons (Fsp3) is 0.267. The minimum absolute atomic E-state index is 0.402. The van der Waals surface area contributed by atoms with Gasteiger partial charge < -0.3 is 9.47 Å². The Kier molecular flexibility index (Phi) is 3.34. The van der Waals surface area contributed by atoms with Crippen LogP contribution in [-0.2, 0) is 19.9 Å². The number of esters is 1. The van der Waals surface area contributed by atoms with Gasteiger partial charge >= 0.3 is 5.97 Å². The molecule has 0 N–H and O–H groups in total. The third-order valence-electron chi connectivity index (χ3n) is 3.29. The smallest absolute Gasteiger partial charge is 0.342 e.